The largest absolute Gasteiger partial charge is 0.414 e. The standard InChI is InChI=1S/C17H23N5O3S2/c23-27(24)10-4-14(12-27)11-16-19-22(17(26)25-16)13-20-6-8-21(9-7-20)15-3-1-2-5-18-15/h1-3,5,14H,4,6-13H2/p+2/t14-/m0/s1. The quantitative estimate of drug-likeness (QED) is 0.659. The zero-order chi connectivity index (χ0) is 18.9. The third-order valence-electron chi connectivity index (χ3n) is 5.32. The lowest BCUT2D eigenvalue weighted by atomic mass is 10.1. The van der Waals surface area contributed by atoms with Gasteiger partial charge >= 0.3 is 0 Å². The molecule has 2 aliphatic heterocycles. The Balaban J connectivity index is 1.33. The summed E-state index contributed by atoms with van der Waals surface area (Å²) in [6.45, 7) is 4.60. The summed E-state index contributed by atoms with van der Waals surface area (Å²) in [5, 5.41) is 4.50. The first-order valence-corrected chi connectivity index (χ1v) is 11.5. The van der Waals surface area contributed by atoms with Gasteiger partial charge in [0.05, 0.1) is 17.7 Å². The first-order valence-electron chi connectivity index (χ1n) is 9.31. The van der Waals surface area contributed by atoms with E-state index in [2.05, 4.69) is 21.0 Å². The van der Waals surface area contributed by atoms with Gasteiger partial charge in [0.15, 0.2) is 16.5 Å². The molecule has 4 rings (SSSR count). The number of hydrogen-bond donors (Lipinski definition) is 1. The second-order valence-corrected chi connectivity index (χ2v) is 9.96. The second-order valence-electron chi connectivity index (χ2n) is 7.38. The van der Waals surface area contributed by atoms with Crippen molar-refractivity contribution in [3.8, 4) is 0 Å². The van der Waals surface area contributed by atoms with Crippen molar-refractivity contribution in [1.82, 2.24) is 9.78 Å². The van der Waals surface area contributed by atoms with Gasteiger partial charge in [-0.1, -0.05) is 6.07 Å². The highest BCUT2D eigenvalue weighted by Gasteiger charge is 2.30. The molecule has 1 atom stereocenters. The van der Waals surface area contributed by atoms with E-state index in [0.29, 0.717) is 30.2 Å². The minimum Gasteiger partial charge on any atom is -0.414 e. The second kappa shape index (κ2) is 7.69. The van der Waals surface area contributed by atoms with Gasteiger partial charge in [-0.2, -0.15) is 4.68 Å². The number of piperazine rings is 1. The number of rotatable bonds is 5. The lowest BCUT2D eigenvalue weighted by molar-refractivity contribution is -0.924. The van der Waals surface area contributed by atoms with Crippen LogP contribution in [0, 0.1) is 10.8 Å². The number of sulfone groups is 1. The van der Waals surface area contributed by atoms with Crippen LogP contribution >= 0.6 is 12.2 Å². The summed E-state index contributed by atoms with van der Waals surface area (Å²) < 4.78 is 30.6. The van der Waals surface area contributed by atoms with Gasteiger partial charge in [0, 0.05) is 12.5 Å². The Morgan fingerprint density at radius 1 is 1.33 bits per heavy atom. The van der Waals surface area contributed by atoms with Gasteiger partial charge in [-0.3, -0.25) is 4.90 Å². The SMILES string of the molecule is O=S1(=O)CC[C@@H](Cc2nn(C[NH+]3CCN(c4cccc[nH+]4)CC3)c(=S)o2)C1. The van der Waals surface area contributed by atoms with Crippen molar-refractivity contribution < 1.29 is 22.7 Å². The molecule has 2 aromatic heterocycles. The number of quaternary nitrogens is 1. The molecule has 2 N–H and O–H groups in total. The molecule has 0 saturated carbocycles. The third-order valence-corrected chi connectivity index (χ3v) is 7.45. The average Bonchev–Trinajstić information content (AvgIpc) is 3.18. The fourth-order valence-electron chi connectivity index (χ4n) is 3.83. The molecular formula is C17H25N5O3S2+2. The summed E-state index contributed by atoms with van der Waals surface area (Å²) in [6, 6.07) is 6.11. The topological polar surface area (TPSA) is 86.9 Å². The van der Waals surface area contributed by atoms with Crippen LogP contribution in [0.4, 0.5) is 5.82 Å². The first-order chi connectivity index (χ1) is 13.0. The lowest BCUT2D eigenvalue weighted by Crippen LogP contribution is -3.14. The third kappa shape index (κ3) is 4.56. The number of hydrogen-bond acceptors (Lipinski definition) is 6. The Bertz CT molecular complexity index is 933. The van der Waals surface area contributed by atoms with Gasteiger partial charge in [-0.25, -0.2) is 13.4 Å². The molecule has 0 radical (unpaired) electrons. The number of pyridine rings is 1. The molecule has 4 heterocycles. The molecule has 2 fully saturated rings. The fourth-order valence-corrected chi connectivity index (χ4v) is 5.89. The Kier molecular flexibility index (Phi) is 5.29. The predicted octanol–water partition coefficient (Wildman–Crippen LogP) is -0.641. The molecule has 0 spiro atoms. The number of anilines is 1. The number of H-pyrrole nitrogens is 1. The van der Waals surface area contributed by atoms with Crippen molar-refractivity contribution in [2.24, 2.45) is 5.92 Å². The van der Waals surface area contributed by atoms with Crippen LogP contribution < -0.4 is 14.8 Å². The van der Waals surface area contributed by atoms with Crippen LogP contribution in [-0.4, -0.2) is 55.9 Å². The zero-order valence-corrected chi connectivity index (χ0v) is 16.8. The van der Waals surface area contributed by atoms with E-state index in [4.69, 9.17) is 16.6 Å². The van der Waals surface area contributed by atoms with Crippen LogP contribution in [0.5, 0.6) is 0 Å². The summed E-state index contributed by atoms with van der Waals surface area (Å²) in [5.41, 5.74) is 0. The van der Waals surface area contributed by atoms with Gasteiger partial charge < -0.3 is 9.32 Å². The maximum absolute atomic E-state index is 11.6. The Hall–Kier alpha value is -1.78. The maximum Gasteiger partial charge on any atom is 0.291 e. The highest BCUT2D eigenvalue weighted by molar-refractivity contribution is 7.91. The van der Waals surface area contributed by atoms with Crippen molar-refractivity contribution in [1.29, 1.82) is 0 Å². The minimum atomic E-state index is -2.88. The molecule has 2 saturated heterocycles. The van der Waals surface area contributed by atoms with Crippen LogP contribution in [-0.2, 0) is 22.9 Å². The number of nitrogens with zero attached hydrogens (tertiary/aromatic N) is 3. The monoisotopic (exact) mass is 411 g/mol. The number of aromatic nitrogens is 3. The average molecular weight is 412 g/mol. The molecule has 0 amide bonds. The van der Waals surface area contributed by atoms with E-state index in [1.807, 2.05) is 18.3 Å². The van der Waals surface area contributed by atoms with Gasteiger partial charge in [-0.15, -0.1) is 5.10 Å². The molecule has 146 valence electrons. The van der Waals surface area contributed by atoms with Crippen molar-refractivity contribution >= 4 is 27.9 Å². The molecule has 0 aromatic carbocycles. The smallest absolute Gasteiger partial charge is 0.291 e. The van der Waals surface area contributed by atoms with Crippen LogP contribution in [0.3, 0.4) is 0 Å². The van der Waals surface area contributed by atoms with Crippen LogP contribution in [0.1, 0.15) is 12.3 Å². The first kappa shape index (κ1) is 18.6. The van der Waals surface area contributed by atoms with Crippen LogP contribution in [0.2, 0.25) is 0 Å². The van der Waals surface area contributed by atoms with Gasteiger partial charge in [0.2, 0.25) is 5.89 Å². The fraction of sp³-hybridized carbons (Fsp3) is 0.588. The highest BCUT2D eigenvalue weighted by Crippen LogP contribution is 2.22. The molecule has 2 aliphatic rings. The lowest BCUT2D eigenvalue weighted by Gasteiger charge is -2.27. The van der Waals surface area contributed by atoms with E-state index in [1.54, 1.807) is 4.68 Å². The molecule has 0 unspecified atom stereocenters. The minimum absolute atomic E-state index is 0.0921. The summed E-state index contributed by atoms with van der Waals surface area (Å²) in [5.74, 6) is 2.29. The van der Waals surface area contributed by atoms with Gasteiger partial charge in [0.1, 0.15) is 26.2 Å². The van der Waals surface area contributed by atoms with Crippen molar-refractivity contribution in [2.75, 3.05) is 42.6 Å². The molecular weight excluding hydrogens is 386 g/mol. The van der Waals surface area contributed by atoms with E-state index in [0.717, 1.165) is 32.0 Å². The van der Waals surface area contributed by atoms with E-state index >= 15 is 0 Å². The normalized spacial score (nSPS) is 23.0. The molecule has 8 nitrogen and oxygen atoms in total. The summed E-state index contributed by atoms with van der Waals surface area (Å²) in [6.07, 6.45) is 3.17. The molecule has 0 aliphatic carbocycles. The molecule has 27 heavy (non-hydrogen) atoms. The van der Waals surface area contributed by atoms with E-state index in [9.17, 15) is 8.42 Å². The maximum atomic E-state index is 11.6. The molecule has 2 aromatic rings. The van der Waals surface area contributed by atoms with E-state index in [-0.39, 0.29) is 17.4 Å². The molecule has 0 bridgehead atoms. The zero-order valence-electron chi connectivity index (χ0n) is 15.1. The predicted molar refractivity (Wildman–Crippen MR) is 102 cm³/mol. The summed E-state index contributed by atoms with van der Waals surface area (Å²) in [4.78, 5) is 7.40. The van der Waals surface area contributed by atoms with Crippen molar-refractivity contribution in [3.63, 3.8) is 0 Å². The van der Waals surface area contributed by atoms with E-state index < -0.39 is 9.84 Å². The Labute approximate surface area is 163 Å². The van der Waals surface area contributed by atoms with Gasteiger partial charge in [-0.05, 0) is 30.6 Å². The Morgan fingerprint density at radius 3 is 2.81 bits per heavy atom. The summed E-state index contributed by atoms with van der Waals surface area (Å²) in [7, 11) is -2.88. The van der Waals surface area contributed by atoms with E-state index in [1.165, 1.54) is 4.90 Å². The van der Waals surface area contributed by atoms with Gasteiger partial charge in [0.25, 0.3) is 10.7 Å². The van der Waals surface area contributed by atoms with Crippen molar-refractivity contribution in [2.45, 2.75) is 19.5 Å². The van der Waals surface area contributed by atoms with Crippen molar-refractivity contribution in [3.05, 3.63) is 35.1 Å². The number of aromatic amines is 1. The number of nitrogens with one attached hydrogen (secondary N) is 2. The van der Waals surface area contributed by atoms with Crippen LogP contribution in [0.15, 0.2) is 28.8 Å². The van der Waals surface area contributed by atoms with Crippen LogP contribution in [0.25, 0.3) is 0 Å². The highest BCUT2D eigenvalue weighted by atomic mass is 32.2. The summed E-state index contributed by atoms with van der Waals surface area (Å²) >= 11 is 5.31. The molecule has 10 heteroatoms. The Morgan fingerprint density at radius 2 is 2.15 bits per heavy atom.